The van der Waals surface area contributed by atoms with E-state index in [-0.39, 0.29) is 0 Å². The molecule has 3 rings (SSSR count). The Labute approximate surface area is 135 Å². The molecule has 1 nitrogen and oxygen atoms in total. The van der Waals surface area contributed by atoms with Gasteiger partial charge in [-0.3, -0.25) is 0 Å². The zero-order chi connectivity index (χ0) is 15.6. The van der Waals surface area contributed by atoms with Gasteiger partial charge in [-0.05, 0) is 0 Å². The Morgan fingerprint density at radius 1 is 0.636 bits per heavy atom. The van der Waals surface area contributed by atoms with Gasteiger partial charge in [-0.2, -0.15) is 0 Å². The molecule has 0 unspecified atom stereocenters. The molecular weight excluding hydrogens is 327 g/mol. The standard InChI is InChI=1S/C20H21GeN/c1-21(2,3)19-13-14-20(22-15-19)18-11-9-17(10-12-18)16-7-5-4-6-8-16/h4-15H,1-3H3. The van der Waals surface area contributed by atoms with Crippen LogP contribution in [0.15, 0.2) is 72.9 Å². The Balaban J connectivity index is 1.87. The van der Waals surface area contributed by atoms with Crippen molar-refractivity contribution in [3.8, 4) is 22.4 Å². The van der Waals surface area contributed by atoms with E-state index < -0.39 is 13.3 Å². The van der Waals surface area contributed by atoms with E-state index in [0.717, 1.165) is 5.69 Å². The van der Waals surface area contributed by atoms with Crippen LogP contribution in [0.4, 0.5) is 0 Å². The molecule has 0 saturated carbocycles. The normalized spacial score (nSPS) is 11.4. The van der Waals surface area contributed by atoms with Gasteiger partial charge in [0.2, 0.25) is 0 Å². The first-order valence-corrected chi connectivity index (χ1v) is 15.0. The van der Waals surface area contributed by atoms with Crippen LogP contribution in [0.1, 0.15) is 0 Å². The molecule has 1 aromatic heterocycles. The molecule has 0 radical (unpaired) electrons. The number of nitrogens with zero attached hydrogens (tertiary/aromatic N) is 1. The third-order valence-electron chi connectivity index (χ3n) is 3.92. The fourth-order valence-corrected chi connectivity index (χ4v) is 4.64. The summed E-state index contributed by atoms with van der Waals surface area (Å²) in [5, 5.41) is 0. The molecular formula is C20H21GeN. The van der Waals surface area contributed by atoms with Crippen molar-refractivity contribution in [2.75, 3.05) is 0 Å². The number of rotatable bonds is 3. The molecule has 2 aromatic carbocycles. The fraction of sp³-hybridized carbons (Fsp3) is 0.150. The predicted octanol–water partition coefficient (Wildman–Crippen LogP) is 4.96. The first kappa shape index (κ1) is 15.0. The Bertz CT molecular complexity index is 738. The SMILES string of the molecule is [CH3][Ge]([CH3])([CH3])[c]1ccc(-c2ccc(-c3ccccc3)cc2)nc1. The second-order valence-electron chi connectivity index (χ2n) is 6.63. The van der Waals surface area contributed by atoms with Crippen molar-refractivity contribution in [1.29, 1.82) is 0 Å². The zero-order valence-electron chi connectivity index (χ0n) is 13.4. The third kappa shape index (κ3) is 3.30. The van der Waals surface area contributed by atoms with Crippen molar-refractivity contribution in [2.45, 2.75) is 17.3 Å². The summed E-state index contributed by atoms with van der Waals surface area (Å²) in [4.78, 5) is 4.66. The fourth-order valence-electron chi connectivity index (χ4n) is 2.47. The Kier molecular flexibility index (Phi) is 4.17. The van der Waals surface area contributed by atoms with E-state index in [2.05, 4.69) is 89.1 Å². The van der Waals surface area contributed by atoms with Crippen LogP contribution in [0, 0.1) is 0 Å². The third-order valence-corrected chi connectivity index (χ3v) is 8.17. The summed E-state index contributed by atoms with van der Waals surface area (Å²) in [6, 6.07) is 23.5. The molecule has 22 heavy (non-hydrogen) atoms. The van der Waals surface area contributed by atoms with Gasteiger partial charge in [0.15, 0.2) is 0 Å². The van der Waals surface area contributed by atoms with Crippen molar-refractivity contribution in [3.05, 3.63) is 72.9 Å². The molecule has 0 aliphatic heterocycles. The van der Waals surface area contributed by atoms with Gasteiger partial charge < -0.3 is 0 Å². The monoisotopic (exact) mass is 349 g/mol. The quantitative estimate of drug-likeness (QED) is 0.610. The molecule has 0 spiro atoms. The first-order valence-electron chi connectivity index (χ1n) is 7.66. The molecule has 0 bridgehead atoms. The van der Waals surface area contributed by atoms with Crippen molar-refractivity contribution >= 4 is 17.7 Å². The summed E-state index contributed by atoms with van der Waals surface area (Å²) in [6.07, 6.45) is 2.07. The van der Waals surface area contributed by atoms with Gasteiger partial charge in [-0.25, -0.2) is 0 Å². The molecule has 0 fully saturated rings. The molecule has 2 heteroatoms. The second kappa shape index (κ2) is 6.09. The van der Waals surface area contributed by atoms with Gasteiger partial charge in [-0.15, -0.1) is 0 Å². The van der Waals surface area contributed by atoms with Crippen LogP contribution in [0.2, 0.25) is 17.3 Å². The minimum atomic E-state index is -1.77. The van der Waals surface area contributed by atoms with Gasteiger partial charge in [0, 0.05) is 0 Å². The maximum atomic E-state index is 4.66. The number of pyridine rings is 1. The Morgan fingerprint density at radius 3 is 1.77 bits per heavy atom. The van der Waals surface area contributed by atoms with Crippen molar-refractivity contribution in [1.82, 2.24) is 4.98 Å². The Hall–Kier alpha value is -1.87. The number of benzene rings is 2. The molecule has 0 atom stereocenters. The number of hydrogen-bond donors (Lipinski definition) is 0. The van der Waals surface area contributed by atoms with Crippen LogP contribution < -0.4 is 4.40 Å². The Morgan fingerprint density at radius 2 is 1.23 bits per heavy atom. The van der Waals surface area contributed by atoms with Crippen molar-refractivity contribution in [2.24, 2.45) is 0 Å². The molecule has 0 aliphatic carbocycles. The van der Waals surface area contributed by atoms with Crippen LogP contribution in [-0.4, -0.2) is 18.3 Å². The maximum absolute atomic E-state index is 4.66. The summed E-state index contributed by atoms with van der Waals surface area (Å²) in [5.41, 5.74) is 4.71. The van der Waals surface area contributed by atoms with Gasteiger partial charge in [0.25, 0.3) is 0 Å². The van der Waals surface area contributed by atoms with Crippen LogP contribution in [0.3, 0.4) is 0 Å². The predicted molar refractivity (Wildman–Crippen MR) is 98.1 cm³/mol. The first-order chi connectivity index (χ1) is 10.5. The van der Waals surface area contributed by atoms with E-state index in [1.165, 1.54) is 21.1 Å². The number of hydrogen-bond acceptors (Lipinski definition) is 1. The van der Waals surface area contributed by atoms with Crippen LogP contribution in [-0.2, 0) is 0 Å². The molecule has 0 aliphatic rings. The molecule has 0 saturated heterocycles. The van der Waals surface area contributed by atoms with E-state index in [9.17, 15) is 0 Å². The second-order valence-corrected chi connectivity index (χ2v) is 17.3. The van der Waals surface area contributed by atoms with E-state index in [4.69, 9.17) is 0 Å². The van der Waals surface area contributed by atoms with Crippen molar-refractivity contribution < 1.29 is 0 Å². The molecule has 3 aromatic rings. The summed E-state index contributed by atoms with van der Waals surface area (Å²) in [6.45, 7) is 0. The van der Waals surface area contributed by atoms with Crippen LogP contribution >= 0.6 is 0 Å². The topological polar surface area (TPSA) is 12.9 Å². The zero-order valence-corrected chi connectivity index (χ0v) is 15.5. The van der Waals surface area contributed by atoms with Gasteiger partial charge >= 0.3 is 135 Å². The number of aromatic nitrogens is 1. The average Bonchev–Trinajstić information content (AvgIpc) is 2.55. The van der Waals surface area contributed by atoms with E-state index >= 15 is 0 Å². The van der Waals surface area contributed by atoms with Gasteiger partial charge in [0.05, 0.1) is 0 Å². The van der Waals surface area contributed by atoms with E-state index in [0.29, 0.717) is 0 Å². The molecule has 0 N–H and O–H groups in total. The minimum absolute atomic E-state index is 1.05. The summed E-state index contributed by atoms with van der Waals surface area (Å²) in [7, 11) is 0. The van der Waals surface area contributed by atoms with Gasteiger partial charge in [0.1, 0.15) is 0 Å². The summed E-state index contributed by atoms with van der Waals surface area (Å²) in [5.74, 6) is 7.18. The summed E-state index contributed by atoms with van der Waals surface area (Å²) < 4.78 is 1.45. The van der Waals surface area contributed by atoms with E-state index in [1.54, 1.807) is 0 Å². The van der Waals surface area contributed by atoms with E-state index in [1.807, 2.05) is 6.07 Å². The molecule has 110 valence electrons. The van der Waals surface area contributed by atoms with Crippen LogP contribution in [0.25, 0.3) is 22.4 Å². The molecule has 0 amide bonds. The van der Waals surface area contributed by atoms with Crippen LogP contribution in [0.5, 0.6) is 0 Å². The average molecular weight is 348 g/mol. The van der Waals surface area contributed by atoms with Crippen molar-refractivity contribution in [3.63, 3.8) is 0 Å². The molecule has 1 heterocycles. The van der Waals surface area contributed by atoms with Gasteiger partial charge in [-0.1, -0.05) is 0 Å². The summed E-state index contributed by atoms with van der Waals surface area (Å²) >= 11 is -1.77.